The summed E-state index contributed by atoms with van der Waals surface area (Å²) >= 11 is 1.01. The van der Waals surface area contributed by atoms with E-state index in [0.717, 1.165) is 11.5 Å². The minimum atomic E-state index is -3.12. The van der Waals surface area contributed by atoms with E-state index in [9.17, 15) is 8.42 Å². The molecule has 1 rings (SSSR count). The van der Waals surface area contributed by atoms with Crippen LogP contribution >= 0.6 is 11.5 Å². The zero-order chi connectivity index (χ0) is 10.1. The van der Waals surface area contributed by atoms with E-state index < -0.39 is 15.1 Å². The molecule has 0 aliphatic carbocycles. The molecule has 0 amide bonds. The van der Waals surface area contributed by atoms with Crippen molar-refractivity contribution in [2.24, 2.45) is 0 Å². The Morgan fingerprint density at radius 3 is 2.54 bits per heavy atom. The van der Waals surface area contributed by atoms with Gasteiger partial charge in [-0.1, -0.05) is 4.49 Å². The van der Waals surface area contributed by atoms with Crippen LogP contribution in [0.15, 0.2) is 0 Å². The van der Waals surface area contributed by atoms with Gasteiger partial charge >= 0.3 is 0 Å². The SMILES string of the molecule is CC(C)S(=O)(=O)Cc1nnsc1N. The molecule has 2 N–H and O–H groups in total. The zero-order valence-electron chi connectivity index (χ0n) is 7.39. The van der Waals surface area contributed by atoms with E-state index in [4.69, 9.17) is 5.73 Å². The fourth-order valence-corrected chi connectivity index (χ4v) is 2.14. The van der Waals surface area contributed by atoms with Crippen molar-refractivity contribution in [3.05, 3.63) is 5.69 Å². The molecule has 0 aliphatic rings. The lowest BCUT2D eigenvalue weighted by Crippen LogP contribution is -2.16. The van der Waals surface area contributed by atoms with Crippen LogP contribution in [0.3, 0.4) is 0 Å². The average Bonchev–Trinajstić information content (AvgIpc) is 2.35. The van der Waals surface area contributed by atoms with Crippen molar-refractivity contribution >= 4 is 26.4 Å². The Morgan fingerprint density at radius 2 is 2.15 bits per heavy atom. The van der Waals surface area contributed by atoms with E-state index in [1.807, 2.05) is 0 Å². The van der Waals surface area contributed by atoms with E-state index in [0.29, 0.717) is 10.7 Å². The normalized spacial score (nSPS) is 12.2. The van der Waals surface area contributed by atoms with Crippen LogP contribution in [-0.2, 0) is 15.6 Å². The number of rotatable bonds is 3. The van der Waals surface area contributed by atoms with Crippen LogP contribution in [0.1, 0.15) is 19.5 Å². The third-order valence-corrected chi connectivity index (χ3v) is 4.35. The molecule has 1 aromatic rings. The molecular weight excluding hydrogens is 210 g/mol. The van der Waals surface area contributed by atoms with Crippen LogP contribution < -0.4 is 5.73 Å². The molecule has 74 valence electrons. The molecule has 1 heterocycles. The highest BCUT2D eigenvalue weighted by Gasteiger charge is 2.20. The summed E-state index contributed by atoms with van der Waals surface area (Å²) in [5.74, 6) is -0.118. The first-order valence-electron chi connectivity index (χ1n) is 3.71. The zero-order valence-corrected chi connectivity index (χ0v) is 9.02. The first kappa shape index (κ1) is 10.4. The average molecular weight is 221 g/mol. The Hall–Kier alpha value is -0.690. The molecule has 0 saturated carbocycles. The monoisotopic (exact) mass is 221 g/mol. The molecular formula is C6H11N3O2S2. The molecule has 0 unspecified atom stereocenters. The van der Waals surface area contributed by atoms with Crippen molar-refractivity contribution in [2.75, 3.05) is 5.73 Å². The molecule has 0 radical (unpaired) electrons. The molecule has 0 aliphatic heterocycles. The molecule has 0 fully saturated rings. The highest BCUT2D eigenvalue weighted by atomic mass is 32.2. The summed E-state index contributed by atoms with van der Waals surface area (Å²) in [7, 11) is -3.12. The van der Waals surface area contributed by atoms with E-state index in [-0.39, 0.29) is 5.75 Å². The number of nitrogen functional groups attached to an aromatic ring is 1. The molecule has 0 aromatic carbocycles. The standard InChI is InChI=1S/C6H11N3O2S2/c1-4(2)13(10,11)3-5-6(7)12-9-8-5/h4H,3,7H2,1-2H3. The maximum Gasteiger partial charge on any atom is 0.158 e. The molecule has 5 nitrogen and oxygen atoms in total. The van der Waals surface area contributed by atoms with Crippen LogP contribution in [0.4, 0.5) is 5.00 Å². The largest absolute Gasteiger partial charge is 0.388 e. The van der Waals surface area contributed by atoms with Gasteiger partial charge in [0.2, 0.25) is 0 Å². The molecule has 1 aromatic heterocycles. The summed E-state index contributed by atoms with van der Waals surface area (Å²) in [6, 6.07) is 0. The van der Waals surface area contributed by atoms with Crippen LogP contribution in [0.2, 0.25) is 0 Å². The lowest BCUT2D eigenvalue weighted by Gasteiger charge is -2.04. The predicted octanol–water partition coefficient (Wildman–Crippen LogP) is 0.444. The van der Waals surface area contributed by atoms with Crippen LogP contribution in [-0.4, -0.2) is 23.3 Å². The Labute approximate surface area is 81.0 Å². The summed E-state index contributed by atoms with van der Waals surface area (Å²) in [6.45, 7) is 3.26. The molecule has 0 bridgehead atoms. The number of sulfone groups is 1. The second-order valence-electron chi connectivity index (χ2n) is 2.94. The molecule has 0 saturated heterocycles. The van der Waals surface area contributed by atoms with Crippen molar-refractivity contribution in [1.82, 2.24) is 9.59 Å². The maximum absolute atomic E-state index is 11.4. The summed E-state index contributed by atoms with van der Waals surface area (Å²) in [4.78, 5) is 0. The van der Waals surface area contributed by atoms with Gasteiger partial charge in [0.1, 0.15) is 10.7 Å². The first-order chi connectivity index (χ1) is 5.93. The minimum absolute atomic E-state index is 0.118. The van der Waals surface area contributed by atoms with Gasteiger partial charge in [0, 0.05) is 11.5 Å². The molecule has 7 heteroatoms. The highest BCUT2D eigenvalue weighted by molar-refractivity contribution is 7.91. The highest BCUT2D eigenvalue weighted by Crippen LogP contribution is 2.17. The first-order valence-corrected chi connectivity index (χ1v) is 6.20. The van der Waals surface area contributed by atoms with Gasteiger partial charge in [-0.15, -0.1) is 5.10 Å². The van der Waals surface area contributed by atoms with E-state index in [1.54, 1.807) is 13.8 Å². The van der Waals surface area contributed by atoms with Crippen molar-refractivity contribution in [1.29, 1.82) is 0 Å². The van der Waals surface area contributed by atoms with Crippen molar-refractivity contribution in [2.45, 2.75) is 24.9 Å². The lowest BCUT2D eigenvalue weighted by atomic mass is 10.5. The third kappa shape index (κ3) is 2.38. The molecule has 0 atom stereocenters. The minimum Gasteiger partial charge on any atom is -0.388 e. The number of nitrogens with zero attached hydrogens (tertiary/aromatic N) is 2. The fourth-order valence-electron chi connectivity index (χ4n) is 0.673. The smallest absolute Gasteiger partial charge is 0.158 e. The van der Waals surface area contributed by atoms with Gasteiger partial charge in [-0.3, -0.25) is 0 Å². The van der Waals surface area contributed by atoms with Gasteiger partial charge in [-0.05, 0) is 13.8 Å². The fraction of sp³-hybridized carbons (Fsp3) is 0.667. The Balaban J connectivity index is 2.88. The van der Waals surface area contributed by atoms with Gasteiger partial charge in [-0.25, -0.2) is 8.42 Å². The third-order valence-electron chi connectivity index (χ3n) is 1.64. The van der Waals surface area contributed by atoms with Gasteiger partial charge in [0.15, 0.2) is 9.84 Å². The number of hydrogen-bond donors (Lipinski definition) is 1. The van der Waals surface area contributed by atoms with E-state index in [1.165, 1.54) is 0 Å². The maximum atomic E-state index is 11.4. The Kier molecular flexibility index (Phi) is 2.87. The number of anilines is 1. The number of hydrogen-bond acceptors (Lipinski definition) is 6. The Bertz CT molecular complexity index is 382. The second-order valence-corrected chi connectivity index (χ2v) is 6.28. The van der Waals surface area contributed by atoms with Crippen LogP contribution in [0, 0.1) is 0 Å². The van der Waals surface area contributed by atoms with E-state index >= 15 is 0 Å². The Morgan fingerprint density at radius 1 is 1.54 bits per heavy atom. The van der Waals surface area contributed by atoms with Crippen LogP contribution in [0.5, 0.6) is 0 Å². The molecule has 13 heavy (non-hydrogen) atoms. The van der Waals surface area contributed by atoms with E-state index in [2.05, 4.69) is 9.59 Å². The van der Waals surface area contributed by atoms with Gasteiger partial charge in [-0.2, -0.15) is 0 Å². The second kappa shape index (κ2) is 3.59. The van der Waals surface area contributed by atoms with Crippen molar-refractivity contribution < 1.29 is 8.42 Å². The summed E-state index contributed by atoms with van der Waals surface area (Å²) < 4.78 is 26.4. The van der Waals surface area contributed by atoms with Crippen molar-refractivity contribution in [3.63, 3.8) is 0 Å². The van der Waals surface area contributed by atoms with Crippen molar-refractivity contribution in [3.8, 4) is 0 Å². The summed E-state index contributed by atoms with van der Waals surface area (Å²) in [6.07, 6.45) is 0. The van der Waals surface area contributed by atoms with Gasteiger partial charge in [0.05, 0.1) is 11.0 Å². The van der Waals surface area contributed by atoms with Crippen LogP contribution in [0.25, 0.3) is 0 Å². The molecule has 0 spiro atoms. The predicted molar refractivity (Wildman–Crippen MR) is 52.1 cm³/mol. The topological polar surface area (TPSA) is 85.9 Å². The van der Waals surface area contributed by atoms with Gasteiger partial charge in [0.25, 0.3) is 0 Å². The summed E-state index contributed by atoms with van der Waals surface area (Å²) in [5, 5.41) is 3.62. The summed E-state index contributed by atoms with van der Waals surface area (Å²) in [5.41, 5.74) is 5.84. The quantitative estimate of drug-likeness (QED) is 0.800. The number of nitrogens with two attached hydrogens (primary N) is 1. The number of aromatic nitrogens is 2. The van der Waals surface area contributed by atoms with Gasteiger partial charge < -0.3 is 5.73 Å². The lowest BCUT2D eigenvalue weighted by molar-refractivity contribution is 0.586.